The fraction of sp³-hybridized carbons (Fsp3) is 0.333. The van der Waals surface area contributed by atoms with Crippen LogP contribution in [0.5, 0.6) is 0 Å². The second kappa shape index (κ2) is 7.15. The van der Waals surface area contributed by atoms with Crippen molar-refractivity contribution in [3.05, 3.63) is 48.0 Å². The summed E-state index contributed by atoms with van der Waals surface area (Å²) in [6.07, 6.45) is 0. The van der Waals surface area contributed by atoms with Crippen molar-refractivity contribution >= 4 is 35.0 Å². The van der Waals surface area contributed by atoms with Gasteiger partial charge in [-0.05, 0) is 16.8 Å². The van der Waals surface area contributed by atoms with Crippen molar-refractivity contribution in [2.75, 3.05) is 38.5 Å². The summed E-state index contributed by atoms with van der Waals surface area (Å²) in [5.41, 5.74) is 1.40. The molecule has 1 aliphatic rings. The molecule has 23 heavy (non-hydrogen) atoms. The largest absolute Gasteiger partial charge is 0.336 e. The number of carbonyl (C=O) groups excluding carboxylic acids is 1. The molecule has 5 heteroatoms. The van der Waals surface area contributed by atoms with E-state index in [2.05, 4.69) is 17.5 Å². The van der Waals surface area contributed by atoms with Gasteiger partial charge in [0.25, 0.3) is 5.91 Å². The lowest BCUT2D eigenvalue weighted by Crippen LogP contribution is -2.50. The molecule has 0 aromatic heterocycles. The Balaban J connectivity index is 1.71. The molecule has 1 fully saturated rings. The number of carbonyl (C=O) groups is 1. The van der Waals surface area contributed by atoms with Crippen molar-refractivity contribution in [1.29, 1.82) is 5.41 Å². The predicted octanol–water partition coefficient (Wildman–Crippen LogP) is 2.55. The number of nitrogens with one attached hydrogen (secondary N) is 1. The Kier molecular flexibility index (Phi) is 4.98. The van der Waals surface area contributed by atoms with Gasteiger partial charge in [-0.2, -0.15) is 12.6 Å². The monoisotopic (exact) mass is 327 g/mol. The Bertz CT molecular complexity index is 718. The van der Waals surface area contributed by atoms with Crippen LogP contribution in [-0.2, 0) is 0 Å². The zero-order chi connectivity index (χ0) is 16.2. The van der Waals surface area contributed by atoms with Crippen molar-refractivity contribution in [3.8, 4) is 0 Å². The fourth-order valence-electron chi connectivity index (χ4n) is 3.01. The molecule has 0 unspecified atom stereocenters. The maximum absolute atomic E-state index is 12.9. The van der Waals surface area contributed by atoms with Gasteiger partial charge in [0.2, 0.25) is 0 Å². The van der Waals surface area contributed by atoms with Gasteiger partial charge in [0.05, 0.1) is 0 Å². The minimum absolute atomic E-state index is 0.103. The molecule has 1 amide bonds. The molecule has 0 radical (unpaired) electrons. The molecule has 0 bridgehead atoms. The van der Waals surface area contributed by atoms with Crippen molar-refractivity contribution in [1.82, 2.24) is 9.80 Å². The minimum Gasteiger partial charge on any atom is -0.336 e. The van der Waals surface area contributed by atoms with E-state index in [1.54, 1.807) is 0 Å². The summed E-state index contributed by atoms with van der Waals surface area (Å²) in [5, 5.41) is 9.84. The van der Waals surface area contributed by atoms with Crippen LogP contribution in [-0.4, -0.2) is 59.9 Å². The number of hydrogen-bond acceptors (Lipinski definition) is 4. The minimum atomic E-state index is 0.103. The second-order valence-electron chi connectivity index (χ2n) is 5.86. The quantitative estimate of drug-likeness (QED) is 0.670. The molecule has 1 N–H and O–H groups in total. The Morgan fingerprint density at radius 3 is 2.48 bits per heavy atom. The third-order valence-corrected chi connectivity index (χ3v) is 4.67. The number of thiol groups is 1. The molecule has 120 valence electrons. The number of piperazine rings is 1. The molecule has 2 aromatic carbocycles. The van der Waals surface area contributed by atoms with Crippen LogP contribution in [0.15, 0.2) is 42.5 Å². The molecule has 0 aliphatic carbocycles. The molecule has 3 rings (SSSR count). The number of benzene rings is 2. The van der Waals surface area contributed by atoms with Gasteiger partial charge in [-0.1, -0.05) is 36.4 Å². The summed E-state index contributed by atoms with van der Waals surface area (Å²) < 4.78 is 0. The molecule has 0 atom stereocenters. The van der Waals surface area contributed by atoms with Crippen LogP contribution in [0.2, 0.25) is 0 Å². The van der Waals surface area contributed by atoms with Gasteiger partial charge >= 0.3 is 0 Å². The van der Waals surface area contributed by atoms with E-state index >= 15 is 0 Å². The Hall–Kier alpha value is -1.85. The van der Waals surface area contributed by atoms with Gasteiger partial charge in [0.1, 0.15) is 0 Å². The van der Waals surface area contributed by atoms with Gasteiger partial charge in [-0.15, -0.1) is 0 Å². The van der Waals surface area contributed by atoms with E-state index < -0.39 is 0 Å². The first-order valence-electron chi connectivity index (χ1n) is 7.85. The highest BCUT2D eigenvalue weighted by Crippen LogP contribution is 2.20. The first kappa shape index (κ1) is 16.0. The molecular formula is C18H21N3OS. The van der Waals surface area contributed by atoms with Crippen molar-refractivity contribution in [3.63, 3.8) is 0 Å². The van der Waals surface area contributed by atoms with E-state index in [-0.39, 0.29) is 5.91 Å². The van der Waals surface area contributed by atoms with Gasteiger partial charge in [-0.25, -0.2) is 0 Å². The third-order valence-electron chi connectivity index (χ3n) is 4.28. The highest BCUT2D eigenvalue weighted by atomic mass is 32.1. The molecule has 1 saturated heterocycles. The summed E-state index contributed by atoms with van der Waals surface area (Å²) in [6, 6.07) is 13.9. The van der Waals surface area contributed by atoms with Crippen molar-refractivity contribution in [2.24, 2.45) is 0 Å². The number of nitrogens with zero attached hydrogens (tertiary/aromatic N) is 2. The summed E-state index contributed by atoms with van der Waals surface area (Å²) in [7, 11) is 0. The highest BCUT2D eigenvalue weighted by Gasteiger charge is 2.23. The first-order chi connectivity index (χ1) is 11.2. The highest BCUT2D eigenvalue weighted by molar-refractivity contribution is 7.81. The van der Waals surface area contributed by atoms with Crippen molar-refractivity contribution in [2.45, 2.75) is 0 Å². The van der Waals surface area contributed by atoms with E-state index in [1.807, 2.05) is 47.4 Å². The van der Waals surface area contributed by atoms with Gasteiger partial charge < -0.3 is 10.3 Å². The van der Waals surface area contributed by atoms with Crippen LogP contribution < -0.4 is 0 Å². The fourth-order valence-corrected chi connectivity index (χ4v) is 3.11. The van der Waals surface area contributed by atoms with E-state index in [4.69, 9.17) is 5.41 Å². The second-order valence-corrected chi connectivity index (χ2v) is 6.17. The van der Waals surface area contributed by atoms with E-state index in [0.717, 1.165) is 29.4 Å². The third kappa shape index (κ3) is 3.57. The van der Waals surface area contributed by atoms with Gasteiger partial charge in [-0.3, -0.25) is 9.69 Å². The number of hydrogen-bond donors (Lipinski definition) is 2. The maximum atomic E-state index is 12.9. The van der Waals surface area contributed by atoms with Crippen LogP contribution >= 0.6 is 12.6 Å². The lowest BCUT2D eigenvalue weighted by atomic mass is 10.0. The molecule has 0 saturated carbocycles. The van der Waals surface area contributed by atoms with Crippen LogP contribution in [0.3, 0.4) is 0 Å². The lowest BCUT2D eigenvalue weighted by molar-refractivity contribution is 0.0656. The van der Waals surface area contributed by atoms with E-state index in [1.165, 1.54) is 0 Å². The standard InChI is InChI=1S/C18H21N3OS/c19-15(13-23)12-20-8-10-21(11-9-20)18(22)17-7-3-5-14-4-1-2-6-16(14)17/h1-7,19,23H,8-13H2. The number of amides is 1. The first-order valence-corrected chi connectivity index (χ1v) is 8.49. The predicted molar refractivity (Wildman–Crippen MR) is 97.9 cm³/mol. The van der Waals surface area contributed by atoms with Crippen LogP contribution in [0.4, 0.5) is 0 Å². The SMILES string of the molecule is N=C(CS)CN1CCN(C(=O)c2cccc3ccccc23)CC1. The lowest BCUT2D eigenvalue weighted by Gasteiger charge is -2.34. The molecular weight excluding hydrogens is 306 g/mol. The smallest absolute Gasteiger partial charge is 0.254 e. The Morgan fingerprint density at radius 1 is 1.04 bits per heavy atom. The maximum Gasteiger partial charge on any atom is 0.254 e. The number of fused-ring (bicyclic) bond motifs is 1. The van der Waals surface area contributed by atoms with Crippen LogP contribution in [0.25, 0.3) is 10.8 Å². The summed E-state index contributed by atoms with van der Waals surface area (Å²) in [5.74, 6) is 0.598. The van der Waals surface area contributed by atoms with Crippen LogP contribution in [0.1, 0.15) is 10.4 Å². The topological polar surface area (TPSA) is 47.4 Å². The van der Waals surface area contributed by atoms with E-state index in [0.29, 0.717) is 31.1 Å². The number of rotatable bonds is 4. The van der Waals surface area contributed by atoms with Crippen LogP contribution in [0, 0.1) is 5.41 Å². The Morgan fingerprint density at radius 2 is 1.74 bits per heavy atom. The molecule has 4 nitrogen and oxygen atoms in total. The molecule has 1 heterocycles. The zero-order valence-corrected chi connectivity index (χ0v) is 13.9. The summed E-state index contributed by atoms with van der Waals surface area (Å²) >= 11 is 4.13. The Labute approximate surface area is 142 Å². The van der Waals surface area contributed by atoms with Gasteiger partial charge in [0.15, 0.2) is 0 Å². The normalized spacial score (nSPS) is 15.8. The van der Waals surface area contributed by atoms with E-state index in [9.17, 15) is 4.79 Å². The molecule has 1 aliphatic heterocycles. The average Bonchev–Trinajstić information content (AvgIpc) is 2.61. The molecule has 2 aromatic rings. The van der Waals surface area contributed by atoms with Gasteiger partial charge in [0, 0.05) is 49.8 Å². The zero-order valence-electron chi connectivity index (χ0n) is 13.0. The summed E-state index contributed by atoms with van der Waals surface area (Å²) in [4.78, 5) is 17.0. The molecule has 0 spiro atoms. The summed E-state index contributed by atoms with van der Waals surface area (Å²) in [6.45, 7) is 3.70. The average molecular weight is 327 g/mol. The van der Waals surface area contributed by atoms with Crippen molar-refractivity contribution < 1.29 is 4.79 Å².